The van der Waals surface area contributed by atoms with Crippen LogP contribution in [0.1, 0.15) is 18.4 Å². The van der Waals surface area contributed by atoms with E-state index in [0.29, 0.717) is 5.02 Å². The van der Waals surface area contributed by atoms with Crippen LogP contribution in [0.5, 0.6) is 5.75 Å². The summed E-state index contributed by atoms with van der Waals surface area (Å²) in [5.74, 6) is 0.135. The number of phenols is 1. The van der Waals surface area contributed by atoms with Crippen LogP contribution >= 0.6 is 11.6 Å². The molecule has 13 heavy (non-hydrogen) atoms. The lowest BCUT2D eigenvalue weighted by atomic mass is 9.98. The number of hydrogen-bond donors (Lipinski definition) is 1. The molecule has 1 saturated carbocycles. The molecule has 1 aliphatic carbocycles. The summed E-state index contributed by atoms with van der Waals surface area (Å²) in [6.45, 7) is 0. The average molecular weight is 197 g/mol. The van der Waals surface area contributed by atoms with Gasteiger partial charge in [0.2, 0.25) is 0 Å². The molecule has 0 saturated heterocycles. The molecule has 0 radical (unpaired) electrons. The fourth-order valence-electron chi connectivity index (χ4n) is 1.49. The van der Waals surface area contributed by atoms with Gasteiger partial charge in [0.15, 0.2) is 0 Å². The van der Waals surface area contributed by atoms with Gasteiger partial charge in [0, 0.05) is 5.02 Å². The molecule has 0 amide bonds. The van der Waals surface area contributed by atoms with Gasteiger partial charge < -0.3 is 9.90 Å². The molecule has 3 heteroatoms. The fourth-order valence-corrected chi connectivity index (χ4v) is 1.86. The molecule has 1 aromatic rings. The van der Waals surface area contributed by atoms with E-state index < -0.39 is 0 Å². The van der Waals surface area contributed by atoms with Crippen LogP contribution in [0.4, 0.5) is 0 Å². The first kappa shape index (κ1) is 8.57. The molecule has 0 spiro atoms. The van der Waals surface area contributed by atoms with Crippen molar-refractivity contribution >= 4 is 17.9 Å². The zero-order valence-corrected chi connectivity index (χ0v) is 7.71. The highest BCUT2D eigenvalue weighted by Gasteiger charge is 2.45. The van der Waals surface area contributed by atoms with E-state index in [2.05, 4.69) is 0 Å². The molecule has 2 nitrogen and oxygen atoms in total. The van der Waals surface area contributed by atoms with Gasteiger partial charge in [-0.1, -0.05) is 17.7 Å². The first-order valence-electron chi connectivity index (χ1n) is 4.13. The van der Waals surface area contributed by atoms with E-state index in [1.165, 1.54) is 6.07 Å². The van der Waals surface area contributed by atoms with Crippen LogP contribution in [0.3, 0.4) is 0 Å². The van der Waals surface area contributed by atoms with Gasteiger partial charge in [0.1, 0.15) is 12.0 Å². The molecule has 0 aromatic heterocycles. The summed E-state index contributed by atoms with van der Waals surface area (Å²) in [7, 11) is 0. The van der Waals surface area contributed by atoms with Crippen LogP contribution in [0, 0.1) is 0 Å². The third-order valence-corrected chi connectivity index (χ3v) is 2.82. The summed E-state index contributed by atoms with van der Waals surface area (Å²) < 4.78 is 0. The topological polar surface area (TPSA) is 37.3 Å². The van der Waals surface area contributed by atoms with Gasteiger partial charge in [-0.3, -0.25) is 0 Å². The third kappa shape index (κ3) is 1.31. The maximum atomic E-state index is 10.8. The van der Waals surface area contributed by atoms with Gasteiger partial charge in [-0.2, -0.15) is 0 Å². The zero-order valence-electron chi connectivity index (χ0n) is 6.96. The van der Waals surface area contributed by atoms with Crippen molar-refractivity contribution < 1.29 is 9.90 Å². The van der Waals surface area contributed by atoms with E-state index >= 15 is 0 Å². The maximum absolute atomic E-state index is 10.8. The molecule has 1 N–H and O–H groups in total. The first-order chi connectivity index (χ1) is 6.18. The molecular weight excluding hydrogens is 188 g/mol. The molecule has 0 heterocycles. The highest BCUT2D eigenvalue weighted by molar-refractivity contribution is 6.31. The molecule has 1 aliphatic rings. The number of carbonyl (C=O) groups excluding carboxylic acids is 1. The van der Waals surface area contributed by atoms with E-state index in [9.17, 15) is 4.79 Å². The smallest absolute Gasteiger partial charge is 0.130 e. The van der Waals surface area contributed by atoms with Crippen molar-refractivity contribution in [3.05, 3.63) is 28.8 Å². The molecule has 0 atom stereocenters. The summed E-state index contributed by atoms with van der Waals surface area (Å²) in [6.07, 6.45) is 2.67. The van der Waals surface area contributed by atoms with Crippen molar-refractivity contribution in [2.24, 2.45) is 0 Å². The quantitative estimate of drug-likeness (QED) is 0.737. The van der Waals surface area contributed by atoms with E-state index in [-0.39, 0.29) is 11.2 Å². The Morgan fingerprint density at radius 2 is 2.15 bits per heavy atom. The number of aromatic hydroxyl groups is 1. The molecular formula is C10H9ClO2. The predicted octanol–water partition coefficient (Wildman–Crippen LogP) is 2.28. The fraction of sp³-hybridized carbons (Fsp3) is 0.300. The minimum absolute atomic E-state index is 0.135. The molecule has 2 rings (SSSR count). The molecule has 1 aromatic carbocycles. The highest BCUT2D eigenvalue weighted by Crippen LogP contribution is 2.49. The lowest BCUT2D eigenvalue weighted by Gasteiger charge is -2.09. The van der Waals surface area contributed by atoms with Gasteiger partial charge in [-0.15, -0.1) is 0 Å². The second-order valence-electron chi connectivity index (χ2n) is 3.44. The van der Waals surface area contributed by atoms with Crippen LogP contribution in [-0.4, -0.2) is 11.4 Å². The van der Waals surface area contributed by atoms with Gasteiger partial charge in [-0.25, -0.2) is 0 Å². The van der Waals surface area contributed by atoms with Crippen LogP contribution in [-0.2, 0) is 10.2 Å². The van der Waals surface area contributed by atoms with Crippen molar-refractivity contribution in [1.29, 1.82) is 0 Å². The van der Waals surface area contributed by atoms with Crippen LogP contribution < -0.4 is 0 Å². The monoisotopic (exact) mass is 196 g/mol. The highest BCUT2D eigenvalue weighted by atomic mass is 35.5. The minimum Gasteiger partial charge on any atom is -0.508 e. The van der Waals surface area contributed by atoms with Crippen LogP contribution in [0.2, 0.25) is 5.02 Å². The summed E-state index contributed by atoms with van der Waals surface area (Å²) >= 11 is 5.91. The Labute approximate surface area is 81.1 Å². The number of rotatable bonds is 2. The third-order valence-electron chi connectivity index (χ3n) is 2.50. The summed E-state index contributed by atoms with van der Waals surface area (Å²) in [5, 5.41) is 9.60. The Bertz CT molecular complexity index is 356. The largest absolute Gasteiger partial charge is 0.508 e. The van der Waals surface area contributed by atoms with Crippen molar-refractivity contribution in [3.63, 3.8) is 0 Å². The standard InChI is InChI=1S/C10H9ClO2/c11-9-5-7(13)1-2-8(9)10(6-12)3-4-10/h1-2,5-6,13H,3-4H2. The van der Waals surface area contributed by atoms with Gasteiger partial charge in [0.25, 0.3) is 0 Å². The van der Waals surface area contributed by atoms with E-state index in [0.717, 1.165) is 24.7 Å². The second-order valence-corrected chi connectivity index (χ2v) is 3.85. The molecule has 1 fully saturated rings. The lowest BCUT2D eigenvalue weighted by molar-refractivity contribution is -0.109. The van der Waals surface area contributed by atoms with Gasteiger partial charge in [-0.05, 0) is 30.5 Å². The average Bonchev–Trinajstić information content (AvgIpc) is 2.85. The summed E-state index contributed by atoms with van der Waals surface area (Å²) in [4.78, 5) is 10.8. The number of aldehydes is 1. The number of phenolic OH excluding ortho intramolecular Hbond substituents is 1. The SMILES string of the molecule is O=CC1(c2ccc(O)cc2Cl)CC1. The number of halogens is 1. The maximum Gasteiger partial charge on any atom is 0.130 e. The van der Waals surface area contributed by atoms with Gasteiger partial charge >= 0.3 is 0 Å². The van der Waals surface area contributed by atoms with Gasteiger partial charge in [0.05, 0.1) is 5.41 Å². The van der Waals surface area contributed by atoms with Crippen molar-refractivity contribution in [2.75, 3.05) is 0 Å². The molecule has 0 bridgehead atoms. The Morgan fingerprint density at radius 3 is 2.62 bits per heavy atom. The predicted molar refractivity (Wildman–Crippen MR) is 50.1 cm³/mol. The molecule has 68 valence electrons. The lowest BCUT2D eigenvalue weighted by Crippen LogP contribution is -2.07. The second kappa shape index (κ2) is 2.74. The summed E-state index contributed by atoms with van der Waals surface area (Å²) in [6, 6.07) is 4.75. The Kier molecular flexibility index (Phi) is 1.81. The zero-order chi connectivity index (χ0) is 9.47. The molecule has 0 unspecified atom stereocenters. The first-order valence-corrected chi connectivity index (χ1v) is 4.51. The Hall–Kier alpha value is -1.02. The van der Waals surface area contributed by atoms with Crippen molar-refractivity contribution in [2.45, 2.75) is 18.3 Å². The van der Waals surface area contributed by atoms with Crippen molar-refractivity contribution in [3.8, 4) is 5.75 Å². The summed E-state index contributed by atoms with van der Waals surface area (Å²) in [5.41, 5.74) is 0.479. The molecule has 0 aliphatic heterocycles. The Balaban J connectivity index is 2.47. The number of hydrogen-bond acceptors (Lipinski definition) is 2. The number of carbonyl (C=O) groups is 1. The Morgan fingerprint density at radius 1 is 1.46 bits per heavy atom. The van der Waals surface area contributed by atoms with Crippen LogP contribution in [0.25, 0.3) is 0 Å². The van der Waals surface area contributed by atoms with E-state index in [4.69, 9.17) is 16.7 Å². The minimum atomic E-state index is -0.356. The number of benzene rings is 1. The normalized spacial score (nSPS) is 18.2. The van der Waals surface area contributed by atoms with Crippen molar-refractivity contribution in [1.82, 2.24) is 0 Å². The van der Waals surface area contributed by atoms with Crippen LogP contribution in [0.15, 0.2) is 18.2 Å². The van der Waals surface area contributed by atoms with E-state index in [1.807, 2.05) is 0 Å². The van der Waals surface area contributed by atoms with E-state index in [1.54, 1.807) is 12.1 Å².